The van der Waals surface area contributed by atoms with Gasteiger partial charge < -0.3 is 24.8 Å². The van der Waals surface area contributed by atoms with Gasteiger partial charge in [-0.05, 0) is 74.4 Å². The number of rotatable bonds is 12. The first kappa shape index (κ1) is 32.4. The second-order valence-corrected chi connectivity index (χ2v) is 11.6. The van der Waals surface area contributed by atoms with E-state index in [1.54, 1.807) is 24.3 Å². The Labute approximate surface area is 264 Å². The zero-order valence-corrected chi connectivity index (χ0v) is 25.9. The van der Waals surface area contributed by atoms with Crippen LogP contribution in [0.1, 0.15) is 27.8 Å². The molecule has 0 amide bonds. The average molecular weight is 604 g/mol. The van der Waals surface area contributed by atoms with Gasteiger partial charge in [0, 0.05) is 26.2 Å². The van der Waals surface area contributed by atoms with Crippen LogP contribution in [0.5, 0.6) is 0 Å². The molecule has 0 spiro atoms. The Balaban J connectivity index is 1.59. The fraction of sp³-hybridized carbons (Fsp3) is 0.229. The molecular formula is C35H38B2N2O6. The molecule has 45 heavy (non-hydrogen) atoms. The molecule has 0 aliphatic rings. The standard InChI is InChI=1S/C35H38B2N2O6/c1-38(20-25-10-4-8-14-33(25)36(41)42)22-31-27-12-6-7-13-28(27)32(30-18-24(16-17-29(30)31)19-35(40)45-3)23-39(2)21-26-11-5-9-15-34(26)37(43)44/h4-18,41-44H,19-23H2,1-3H3. The van der Waals surface area contributed by atoms with Gasteiger partial charge >= 0.3 is 20.2 Å². The molecule has 5 aromatic rings. The molecule has 0 radical (unpaired) electrons. The fourth-order valence-corrected chi connectivity index (χ4v) is 6.19. The molecule has 0 aromatic heterocycles. The number of nitrogens with zero attached hydrogens (tertiary/aromatic N) is 2. The highest BCUT2D eigenvalue weighted by molar-refractivity contribution is 6.59. The van der Waals surface area contributed by atoms with Crippen LogP contribution in [0.4, 0.5) is 0 Å². The van der Waals surface area contributed by atoms with Crippen LogP contribution in [0, 0.1) is 0 Å². The Morgan fingerprint density at radius 2 is 1.07 bits per heavy atom. The lowest BCUT2D eigenvalue weighted by molar-refractivity contribution is -0.139. The molecule has 10 heteroatoms. The first-order valence-corrected chi connectivity index (χ1v) is 14.9. The number of hydrogen-bond acceptors (Lipinski definition) is 8. The number of fused-ring (bicyclic) bond motifs is 2. The van der Waals surface area contributed by atoms with E-state index in [1.807, 2.05) is 56.6 Å². The van der Waals surface area contributed by atoms with Gasteiger partial charge in [0.2, 0.25) is 0 Å². The third-order valence-electron chi connectivity index (χ3n) is 8.29. The van der Waals surface area contributed by atoms with Gasteiger partial charge in [-0.25, -0.2) is 0 Å². The Bertz CT molecular complexity index is 1810. The summed E-state index contributed by atoms with van der Waals surface area (Å²) in [6.07, 6.45) is 0.159. The van der Waals surface area contributed by atoms with Gasteiger partial charge in [0.05, 0.1) is 13.5 Å². The van der Waals surface area contributed by atoms with Gasteiger partial charge in [-0.15, -0.1) is 0 Å². The molecule has 0 aliphatic heterocycles. The van der Waals surface area contributed by atoms with Crippen molar-refractivity contribution in [3.05, 3.63) is 119 Å². The number of benzene rings is 5. The second-order valence-electron chi connectivity index (χ2n) is 11.6. The minimum atomic E-state index is -1.55. The largest absolute Gasteiger partial charge is 0.488 e. The molecule has 4 N–H and O–H groups in total. The smallest absolute Gasteiger partial charge is 0.469 e. The van der Waals surface area contributed by atoms with Crippen LogP contribution in [0.25, 0.3) is 21.5 Å². The van der Waals surface area contributed by atoms with Crippen LogP contribution in [0.2, 0.25) is 0 Å². The van der Waals surface area contributed by atoms with Crippen molar-refractivity contribution in [2.45, 2.75) is 32.6 Å². The van der Waals surface area contributed by atoms with Crippen LogP contribution < -0.4 is 10.9 Å². The molecule has 0 bridgehead atoms. The van der Waals surface area contributed by atoms with Crippen molar-refractivity contribution in [2.75, 3.05) is 21.2 Å². The first-order valence-electron chi connectivity index (χ1n) is 14.9. The number of hydrogen-bond donors (Lipinski definition) is 4. The van der Waals surface area contributed by atoms with Crippen molar-refractivity contribution in [1.82, 2.24) is 9.80 Å². The summed E-state index contributed by atoms with van der Waals surface area (Å²) in [5.74, 6) is -0.308. The summed E-state index contributed by atoms with van der Waals surface area (Å²) in [6.45, 7) is 2.20. The van der Waals surface area contributed by atoms with Crippen molar-refractivity contribution in [2.24, 2.45) is 0 Å². The summed E-state index contributed by atoms with van der Waals surface area (Å²) < 4.78 is 4.96. The van der Waals surface area contributed by atoms with E-state index in [0.29, 0.717) is 37.1 Å². The molecule has 5 aromatic carbocycles. The molecule has 0 aliphatic carbocycles. The quantitative estimate of drug-likeness (QED) is 0.0976. The lowest BCUT2D eigenvalue weighted by Crippen LogP contribution is -2.35. The Morgan fingerprint density at radius 3 is 1.56 bits per heavy atom. The molecule has 230 valence electrons. The molecule has 0 fully saturated rings. The van der Waals surface area contributed by atoms with Crippen LogP contribution >= 0.6 is 0 Å². The molecule has 0 unspecified atom stereocenters. The normalized spacial score (nSPS) is 11.5. The van der Waals surface area contributed by atoms with Crippen molar-refractivity contribution in [3.8, 4) is 0 Å². The van der Waals surface area contributed by atoms with E-state index in [1.165, 1.54) is 7.11 Å². The summed E-state index contributed by atoms with van der Waals surface area (Å²) in [6, 6.07) is 29.1. The Hall–Kier alpha value is -4.02. The highest BCUT2D eigenvalue weighted by atomic mass is 16.5. The van der Waals surface area contributed by atoms with Crippen LogP contribution in [-0.2, 0) is 42.1 Å². The van der Waals surface area contributed by atoms with Gasteiger partial charge in [-0.2, -0.15) is 0 Å². The van der Waals surface area contributed by atoms with Crippen LogP contribution in [0.15, 0.2) is 91.0 Å². The molecule has 0 heterocycles. The predicted octanol–water partition coefficient (Wildman–Crippen LogP) is 2.33. The predicted molar refractivity (Wildman–Crippen MR) is 180 cm³/mol. The number of ether oxygens (including phenoxy) is 1. The van der Waals surface area contributed by atoms with Gasteiger partial charge in [0.1, 0.15) is 0 Å². The minimum Gasteiger partial charge on any atom is -0.469 e. The number of methoxy groups -OCH3 is 1. The third-order valence-corrected chi connectivity index (χ3v) is 8.29. The molecular weight excluding hydrogens is 566 g/mol. The maximum atomic E-state index is 12.2. The lowest BCUT2D eigenvalue weighted by Gasteiger charge is -2.25. The maximum absolute atomic E-state index is 12.2. The highest BCUT2D eigenvalue weighted by Gasteiger charge is 2.21. The van der Waals surface area contributed by atoms with Gasteiger partial charge in [-0.3, -0.25) is 14.6 Å². The van der Waals surface area contributed by atoms with Crippen molar-refractivity contribution < 1.29 is 29.6 Å². The molecule has 0 atom stereocenters. The van der Waals surface area contributed by atoms with E-state index in [-0.39, 0.29) is 12.4 Å². The number of esters is 1. The zero-order valence-electron chi connectivity index (χ0n) is 25.9. The SMILES string of the molecule is COC(=O)Cc1ccc2c(CN(C)Cc3ccccc3B(O)O)c3ccccc3c(CN(C)Cc3ccccc3B(O)O)c2c1. The zero-order chi connectivity index (χ0) is 32.1. The van der Waals surface area contributed by atoms with Crippen LogP contribution in [-0.4, -0.2) is 71.3 Å². The molecule has 0 saturated heterocycles. The average Bonchev–Trinajstić information content (AvgIpc) is 3.02. The summed E-state index contributed by atoms with van der Waals surface area (Å²) in [4.78, 5) is 16.5. The summed E-state index contributed by atoms with van der Waals surface area (Å²) in [5.41, 5.74) is 5.74. The minimum absolute atomic E-state index is 0.159. The summed E-state index contributed by atoms with van der Waals surface area (Å²) in [7, 11) is 2.31. The Kier molecular flexibility index (Phi) is 10.4. The van der Waals surface area contributed by atoms with Crippen LogP contribution in [0.3, 0.4) is 0 Å². The van der Waals surface area contributed by atoms with Gasteiger partial charge in [0.15, 0.2) is 0 Å². The molecule has 8 nitrogen and oxygen atoms in total. The maximum Gasteiger partial charge on any atom is 0.488 e. The lowest BCUT2D eigenvalue weighted by atomic mass is 9.77. The van der Waals surface area contributed by atoms with Gasteiger partial charge in [-0.1, -0.05) is 91.0 Å². The fourth-order valence-electron chi connectivity index (χ4n) is 6.19. The summed E-state index contributed by atoms with van der Waals surface area (Å²) in [5, 5.41) is 44.0. The molecule has 5 rings (SSSR count). The van der Waals surface area contributed by atoms with E-state index in [9.17, 15) is 24.9 Å². The van der Waals surface area contributed by atoms with E-state index in [0.717, 1.165) is 49.4 Å². The van der Waals surface area contributed by atoms with E-state index in [4.69, 9.17) is 4.74 Å². The van der Waals surface area contributed by atoms with Crippen molar-refractivity contribution in [1.29, 1.82) is 0 Å². The van der Waals surface area contributed by atoms with E-state index >= 15 is 0 Å². The van der Waals surface area contributed by atoms with E-state index in [2.05, 4.69) is 34.1 Å². The topological polar surface area (TPSA) is 114 Å². The second kappa shape index (κ2) is 14.4. The van der Waals surface area contributed by atoms with E-state index < -0.39 is 14.2 Å². The van der Waals surface area contributed by atoms with Gasteiger partial charge in [0.25, 0.3) is 0 Å². The first-order chi connectivity index (χ1) is 21.7. The van der Waals surface area contributed by atoms with Crippen molar-refractivity contribution in [3.63, 3.8) is 0 Å². The third kappa shape index (κ3) is 7.45. The Morgan fingerprint density at radius 1 is 0.622 bits per heavy atom. The van der Waals surface area contributed by atoms with Crippen molar-refractivity contribution >= 4 is 52.7 Å². The highest BCUT2D eigenvalue weighted by Crippen LogP contribution is 2.35. The monoisotopic (exact) mass is 604 g/mol. The number of carbonyl (C=O) groups excluding carboxylic acids is 1. The molecule has 0 saturated carbocycles. The number of carbonyl (C=O) groups is 1. The summed E-state index contributed by atoms with van der Waals surface area (Å²) >= 11 is 0.